The van der Waals surface area contributed by atoms with Gasteiger partial charge in [0.05, 0.1) is 10.3 Å². The average molecular weight is 386 g/mol. The largest absolute Gasteiger partial charge is 0.458 e. The van der Waals surface area contributed by atoms with Crippen LogP contribution in [0.4, 0.5) is 5.69 Å². The van der Waals surface area contributed by atoms with Crippen molar-refractivity contribution >= 4 is 28.5 Å². The number of likely N-dealkylation sites (tertiary alicyclic amines) is 1. The first kappa shape index (κ1) is 20.3. The van der Waals surface area contributed by atoms with E-state index in [4.69, 9.17) is 9.47 Å². The molecule has 0 saturated carbocycles. The number of ether oxygens (including phenoxy) is 2. The van der Waals surface area contributed by atoms with Crippen LogP contribution in [0.3, 0.4) is 0 Å². The van der Waals surface area contributed by atoms with Crippen LogP contribution >= 0.6 is 11.8 Å². The van der Waals surface area contributed by atoms with Gasteiger partial charge in [0.2, 0.25) is 6.23 Å². The number of nitro benzene ring substituents is 1. The third-order valence-electron chi connectivity index (χ3n) is 3.75. The quantitative estimate of drug-likeness (QED) is 0.380. The summed E-state index contributed by atoms with van der Waals surface area (Å²) in [5.74, 6) is -1.02. The summed E-state index contributed by atoms with van der Waals surface area (Å²) in [7, 11) is 1.35. The van der Waals surface area contributed by atoms with Crippen LogP contribution in [0, 0.1) is 10.1 Å². The molecule has 10 nitrogen and oxygen atoms in total. The van der Waals surface area contributed by atoms with E-state index in [2.05, 4.69) is 0 Å². The van der Waals surface area contributed by atoms with Crippen molar-refractivity contribution in [2.24, 2.45) is 0 Å². The molecule has 1 aliphatic rings. The molecule has 142 valence electrons. The molecule has 1 saturated heterocycles. The number of benzene rings is 1. The number of rotatable bonds is 7. The van der Waals surface area contributed by atoms with Crippen LogP contribution in [0.15, 0.2) is 24.3 Å². The van der Waals surface area contributed by atoms with Gasteiger partial charge in [0.15, 0.2) is 5.12 Å². The van der Waals surface area contributed by atoms with Gasteiger partial charge >= 0.3 is 5.97 Å². The van der Waals surface area contributed by atoms with E-state index in [1.54, 1.807) is 0 Å². The first-order valence-electron chi connectivity index (χ1n) is 7.49. The van der Waals surface area contributed by atoms with Crippen molar-refractivity contribution in [3.63, 3.8) is 0 Å². The number of aliphatic hydroxyl groups is 2. The summed E-state index contributed by atoms with van der Waals surface area (Å²) < 4.78 is 10.0. The number of nitrogens with zero attached hydrogens (tertiary/aromatic N) is 2. The highest BCUT2D eigenvalue weighted by Gasteiger charge is 2.54. The zero-order valence-electron chi connectivity index (χ0n) is 14.0. The highest BCUT2D eigenvalue weighted by molar-refractivity contribution is 8.14. The van der Waals surface area contributed by atoms with Crippen molar-refractivity contribution in [3.8, 4) is 0 Å². The Bertz CT molecular complexity index is 683. The monoisotopic (exact) mass is 386 g/mol. The van der Waals surface area contributed by atoms with Crippen LogP contribution in [-0.4, -0.2) is 62.2 Å². The van der Waals surface area contributed by atoms with Crippen LogP contribution in [0.1, 0.15) is 12.5 Å². The zero-order valence-corrected chi connectivity index (χ0v) is 14.8. The van der Waals surface area contributed by atoms with Gasteiger partial charge in [-0.15, -0.1) is 0 Å². The van der Waals surface area contributed by atoms with E-state index in [1.807, 2.05) is 0 Å². The third-order valence-corrected chi connectivity index (χ3v) is 4.84. The summed E-state index contributed by atoms with van der Waals surface area (Å²) in [6, 6.07) is 5.38. The van der Waals surface area contributed by atoms with Gasteiger partial charge in [0.25, 0.3) is 5.69 Å². The minimum atomic E-state index is -1.79. The fourth-order valence-electron chi connectivity index (χ4n) is 2.42. The van der Waals surface area contributed by atoms with Crippen LogP contribution in [0.2, 0.25) is 0 Å². The molecule has 0 radical (unpaired) electrons. The first-order chi connectivity index (χ1) is 12.3. The lowest BCUT2D eigenvalue weighted by atomic mass is 10.1. The molecule has 4 atom stereocenters. The van der Waals surface area contributed by atoms with E-state index in [1.165, 1.54) is 38.3 Å². The van der Waals surface area contributed by atoms with Gasteiger partial charge in [0.1, 0.15) is 18.9 Å². The van der Waals surface area contributed by atoms with Crippen molar-refractivity contribution in [2.45, 2.75) is 37.5 Å². The molecule has 0 aromatic heterocycles. The van der Waals surface area contributed by atoms with Gasteiger partial charge < -0.3 is 19.7 Å². The fraction of sp³-hybridized carbons (Fsp3) is 0.467. The molecule has 1 aromatic carbocycles. The molecule has 1 aromatic rings. The Morgan fingerprint density at radius 3 is 2.50 bits per heavy atom. The Morgan fingerprint density at radius 2 is 2.00 bits per heavy atom. The molecule has 2 N–H and O–H groups in total. The average Bonchev–Trinajstić information content (AvgIpc) is 2.59. The van der Waals surface area contributed by atoms with E-state index in [0.717, 1.165) is 16.7 Å². The topological polar surface area (TPSA) is 139 Å². The van der Waals surface area contributed by atoms with Crippen molar-refractivity contribution in [1.82, 2.24) is 4.90 Å². The van der Waals surface area contributed by atoms with Crippen molar-refractivity contribution < 1.29 is 34.2 Å². The Hall–Kier alpha value is -2.05. The SMILES string of the molecule is COC1C(O)N(C(O)C(=O)OCc2ccc([N+](=O)[O-])cc2)C1SC(C)=O. The van der Waals surface area contributed by atoms with Crippen molar-refractivity contribution in [3.05, 3.63) is 39.9 Å². The number of esters is 1. The zero-order chi connectivity index (χ0) is 19.4. The minimum Gasteiger partial charge on any atom is -0.458 e. The van der Waals surface area contributed by atoms with Gasteiger partial charge in [-0.2, -0.15) is 0 Å². The number of aliphatic hydroxyl groups excluding tert-OH is 2. The molecular weight excluding hydrogens is 368 g/mol. The second kappa shape index (κ2) is 8.56. The van der Waals surface area contributed by atoms with Gasteiger partial charge in [-0.25, -0.2) is 9.69 Å². The summed E-state index contributed by atoms with van der Waals surface area (Å²) in [6.07, 6.45) is -3.79. The smallest absolute Gasteiger partial charge is 0.351 e. The number of hydrogen-bond donors (Lipinski definition) is 2. The maximum Gasteiger partial charge on any atom is 0.351 e. The molecular formula is C15H18N2O8S. The highest BCUT2D eigenvalue weighted by Crippen LogP contribution is 2.37. The summed E-state index contributed by atoms with van der Waals surface area (Å²) in [6.45, 7) is 1.11. The number of carbonyl (C=O) groups is 2. The summed E-state index contributed by atoms with van der Waals surface area (Å²) in [4.78, 5) is 34.4. The molecule has 11 heteroatoms. The number of methoxy groups -OCH3 is 1. The fourth-order valence-corrected chi connectivity index (χ4v) is 3.51. The van der Waals surface area contributed by atoms with Crippen LogP contribution in [0.5, 0.6) is 0 Å². The van der Waals surface area contributed by atoms with E-state index < -0.39 is 34.8 Å². The number of carbonyl (C=O) groups excluding carboxylic acids is 2. The Kier molecular flexibility index (Phi) is 6.67. The van der Waals surface area contributed by atoms with Gasteiger partial charge in [-0.1, -0.05) is 11.8 Å². The van der Waals surface area contributed by atoms with Crippen molar-refractivity contribution in [2.75, 3.05) is 7.11 Å². The number of thioether (sulfide) groups is 1. The van der Waals surface area contributed by atoms with E-state index in [-0.39, 0.29) is 17.4 Å². The van der Waals surface area contributed by atoms with Gasteiger partial charge in [-0.3, -0.25) is 14.9 Å². The standard InChI is InChI=1S/C15H18N2O8S/c1-8(18)26-14-11(24-2)12(19)16(14)13(20)15(21)25-7-9-3-5-10(6-4-9)17(22)23/h3-6,11-14,19-20H,7H2,1-2H3. The van der Waals surface area contributed by atoms with Crippen LogP contribution in [0.25, 0.3) is 0 Å². The minimum absolute atomic E-state index is 0.0986. The first-order valence-corrected chi connectivity index (χ1v) is 8.37. The second-order valence-corrected chi connectivity index (χ2v) is 6.76. The van der Waals surface area contributed by atoms with E-state index in [9.17, 15) is 29.9 Å². The Labute approximate surface area is 152 Å². The molecule has 4 unspecified atom stereocenters. The lowest BCUT2D eigenvalue weighted by molar-refractivity contribution is -0.384. The Balaban J connectivity index is 1.95. The van der Waals surface area contributed by atoms with Crippen LogP contribution < -0.4 is 0 Å². The molecule has 0 spiro atoms. The lowest BCUT2D eigenvalue weighted by Gasteiger charge is -2.51. The van der Waals surface area contributed by atoms with E-state index >= 15 is 0 Å². The molecule has 26 heavy (non-hydrogen) atoms. The van der Waals surface area contributed by atoms with E-state index in [0.29, 0.717) is 5.56 Å². The molecule has 1 aliphatic heterocycles. The van der Waals surface area contributed by atoms with Gasteiger partial charge in [0, 0.05) is 26.2 Å². The lowest BCUT2D eigenvalue weighted by Crippen LogP contribution is -2.71. The molecule has 1 heterocycles. The summed E-state index contributed by atoms with van der Waals surface area (Å²) >= 11 is 0.821. The molecule has 2 rings (SSSR count). The molecule has 0 aliphatic carbocycles. The predicted octanol–water partition coefficient (Wildman–Crippen LogP) is 0.211. The molecule has 0 bridgehead atoms. The Morgan fingerprint density at radius 1 is 1.38 bits per heavy atom. The maximum atomic E-state index is 12.0. The second-order valence-electron chi connectivity index (χ2n) is 5.47. The molecule has 0 amide bonds. The number of nitro groups is 1. The normalized spacial score (nSPS) is 23.8. The third kappa shape index (κ3) is 4.37. The number of hydrogen-bond acceptors (Lipinski definition) is 10. The predicted molar refractivity (Wildman–Crippen MR) is 89.6 cm³/mol. The van der Waals surface area contributed by atoms with Gasteiger partial charge in [-0.05, 0) is 17.7 Å². The van der Waals surface area contributed by atoms with Crippen molar-refractivity contribution in [1.29, 1.82) is 0 Å². The maximum absolute atomic E-state index is 12.0. The highest BCUT2D eigenvalue weighted by atomic mass is 32.2. The summed E-state index contributed by atoms with van der Waals surface area (Å²) in [5.41, 5.74) is 0.392. The summed E-state index contributed by atoms with van der Waals surface area (Å²) in [5, 5.41) is 29.7. The molecule has 1 fully saturated rings. The van der Waals surface area contributed by atoms with Crippen LogP contribution in [-0.2, 0) is 25.7 Å². The number of non-ortho nitro benzene ring substituents is 1.